The van der Waals surface area contributed by atoms with Crippen LogP contribution in [0.25, 0.3) is 17.2 Å². The van der Waals surface area contributed by atoms with Gasteiger partial charge in [-0.05, 0) is 45.1 Å². The summed E-state index contributed by atoms with van der Waals surface area (Å²) in [4.78, 5) is 11.8. The Morgan fingerprint density at radius 1 is 1.12 bits per heavy atom. The van der Waals surface area contributed by atoms with Gasteiger partial charge in [-0.1, -0.05) is 31.2 Å². The highest BCUT2D eigenvalue weighted by Gasteiger charge is 2.24. The zero-order valence-electron chi connectivity index (χ0n) is 15.2. The van der Waals surface area contributed by atoms with Gasteiger partial charge >= 0.3 is 0 Å². The molecule has 3 heterocycles. The van der Waals surface area contributed by atoms with Crippen molar-refractivity contribution in [1.82, 2.24) is 19.6 Å². The molecule has 0 amide bonds. The second-order valence-electron chi connectivity index (χ2n) is 6.97. The number of fused-ring (bicyclic) bond motifs is 1. The van der Waals surface area contributed by atoms with Crippen LogP contribution in [0, 0.1) is 13.8 Å². The SMILES string of the molecule is CC[C@H]1CCCCN1c1cc(C)nc2nc(-c3ccccc3C)nn12. The Kier molecular flexibility index (Phi) is 4.15. The third-order valence-corrected chi connectivity index (χ3v) is 5.20. The number of aryl methyl sites for hydroxylation is 2. The molecule has 0 N–H and O–H groups in total. The fraction of sp³-hybridized carbons (Fsp3) is 0.450. The minimum Gasteiger partial charge on any atom is -0.353 e. The van der Waals surface area contributed by atoms with Gasteiger partial charge in [0.05, 0.1) is 0 Å². The lowest BCUT2D eigenvalue weighted by Crippen LogP contribution is -2.40. The minimum atomic E-state index is 0.574. The second-order valence-corrected chi connectivity index (χ2v) is 6.97. The summed E-state index contributed by atoms with van der Waals surface area (Å²) < 4.78 is 1.93. The lowest BCUT2D eigenvalue weighted by molar-refractivity contribution is 0.444. The van der Waals surface area contributed by atoms with E-state index < -0.39 is 0 Å². The summed E-state index contributed by atoms with van der Waals surface area (Å²) >= 11 is 0. The van der Waals surface area contributed by atoms with E-state index in [1.165, 1.54) is 24.8 Å². The highest BCUT2D eigenvalue weighted by molar-refractivity contribution is 5.62. The quantitative estimate of drug-likeness (QED) is 0.720. The number of nitrogens with zero attached hydrogens (tertiary/aromatic N) is 5. The molecule has 5 heteroatoms. The molecule has 0 radical (unpaired) electrons. The van der Waals surface area contributed by atoms with Crippen LogP contribution in [-0.2, 0) is 0 Å². The van der Waals surface area contributed by atoms with E-state index in [-0.39, 0.29) is 0 Å². The van der Waals surface area contributed by atoms with Crippen LogP contribution < -0.4 is 4.90 Å². The Hall–Kier alpha value is -2.43. The van der Waals surface area contributed by atoms with E-state index in [1.807, 2.05) is 23.6 Å². The van der Waals surface area contributed by atoms with E-state index in [9.17, 15) is 0 Å². The topological polar surface area (TPSA) is 46.3 Å². The van der Waals surface area contributed by atoms with E-state index in [0.29, 0.717) is 11.8 Å². The molecular formula is C20H25N5. The second kappa shape index (κ2) is 6.47. The van der Waals surface area contributed by atoms with Gasteiger partial charge in [0.2, 0.25) is 0 Å². The maximum absolute atomic E-state index is 4.83. The molecule has 1 aromatic carbocycles. The summed E-state index contributed by atoms with van der Waals surface area (Å²) in [7, 11) is 0. The number of hydrogen-bond donors (Lipinski definition) is 0. The van der Waals surface area contributed by atoms with Gasteiger partial charge in [-0.25, -0.2) is 4.98 Å². The van der Waals surface area contributed by atoms with Crippen LogP contribution >= 0.6 is 0 Å². The summed E-state index contributed by atoms with van der Waals surface area (Å²) in [5.41, 5.74) is 3.25. The van der Waals surface area contributed by atoms with Crippen molar-refractivity contribution in [2.24, 2.45) is 0 Å². The zero-order chi connectivity index (χ0) is 17.4. The minimum absolute atomic E-state index is 0.574. The molecular weight excluding hydrogens is 310 g/mol. The molecule has 1 aliphatic heterocycles. The molecule has 0 saturated carbocycles. The molecule has 0 bridgehead atoms. The highest BCUT2D eigenvalue weighted by Crippen LogP contribution is 2.28. The van der Waals surface area contributed by atoms with Crippen LogP contribution in [0.4, 0.5) is 5.82 Å². The van der Waals surface area contributed by atoms with Crippen LogP contribution in [0.3, 0.4) is 0 Å². The van der Waals surface area contributed by atoms with Gasteiger partial charge in [-0.2, -0.15) is 9.50 Å². The molecule has 1 aliphatic rings. The summed E-state index contributed by atoms with van der Waals surface area (Å²) in [6.07, 6.45) is 4.95. The first-order chi connectivity index (χ1) is 12.2. The lowest BCUT2D eigenvalue weighted by Gasteiger charge is -2.36. The van der Waals surface area contributed by atoms with E-state index in [4.69, 9.17) is 10.1 Å². The molecule has 25 heavy (non-hydrogen) atoms. The molecule has 0 spiro atoms. The molecule has 1 atom stereocenters. The van der Waals surface area contributed by atoms with Gasteiger partial charge in [0, 0.05) is 29.9 Å². The van der Waals surface area contributed by atoms with Crippen LogP contribution in [0.2, 0.25) is 0 Å². The maximum Gasteiger partial charge on any atom is 0.254 e. The van der Waals surface area contributed by atoms with Gasteiger partial charge in [-0.3, -0.25) is 0 Å². The normalized spacial score (nSPS) is 18.0. The molecule has 0 unspecified atom stereocenters. The summed E-state index contributed by atoms with van der Waals surface area (Å²) in [5, 5.41) is 4.83. The highest BCUT2D eigenvalue weighted by atomic mass is 15.4. The van der Waals surface area contributed by atoms with Crippen molar-refractivity contribution in [2.75, 3.05) is 11.4 Å². The largest absolute Gasteiger partial charge is 0.353 e. The van der Waals surface area contributed by atoms with E-state index in [0.717, 1.165) is 35.9 Å². The van der Waals surface area contributed by atoms with Gasteiger partial charge in [0.1, 0.15) is 5.82 Å². The average molecular weight is 335 g/mol. The third kappa shape index (κ3) is 2.88. The lowest BCUT2D eigenvalue weighted by atomic mass is 10.00. The zero-order valence-corrected chi connectivity index (χ0v) is 15.2. The molecule has 4 rings (SSSR count). The van der Waals surface area contributed by atoms with Gasteiger partial charge in [0.25, 0.3) is 5.78 Å². The van der Waals surface area contributed by atoms with Crippen LogP contribution in [0.15, 0.2) is 30.3 Å². The standard InChI is InChI=1S/C20H25N5/c1-4-16-10-7-8-12-24(16)18-13-15(3)21-20-22-19(23-25(18)20)17-11-6-5-9-14(17)2/h5-6,9,11,13,16H,4,7-8,10,12H2,1-3H3/t16-/m0/s1. The number of benzene rings is 1. The summed E-state index contributed by atoms with van der Waals surface area (Å²) in [6.45, 7) is 7.49. The molecule has 2 aromatic heterocycles. The maximum atomic E-state index is 4.83. The van der Waals surface area contributed by atoms with Crippen molar-refractivity contribution in [3.63, 3.8) is 0 Å². The predicted molar refractivity (Wildman–Crippen MR) is 101 cm³/mol. The van der Waals surface area contributed by atoms with Crippen molar-refractivity contribution in [3.8, 4) is 11.4 Å². The van der Waals surface area contributed by atoms with E-state index >= 15 is 0 Å². The summed E-state index contributed by atoms with van der Waals surface area (Å²) in [5.74, 6) is 2.57. The van der Waals surface area contributed by atoms with Crippen molar-refractivity contribution in [3.05, 3.63) is 41.6 Å². The number of hydrogen-bond acceptors (Lipinski definition) is 4. The first-order valence-electron chi connectivity index (χ1n) is 9.24. The Morgan fingerprint density at radius 2 is 1.96 bits per heavy atom. The number of piperidine rings is 1. The van der Waals surface area contributed by atoms with E-state index in [2.05, 4.69) is 41.9 Å². The fourth-order valence-corrected chi connectivity index (χ4v) is 3.84. The molecule has 5 nitrogen and oxygen atoms in total. The number of aromatic nitrogens is 4. The third-order valence-electron chi connectivity index (χ3n) is 5.20. The average Bonchev–Trinajstić information content (AvgIpc) is 3.05. The number of rotatable bonds is 3. The van der Waals surface area contributed by atoms with Gasteiger partial charge < -0.3 is 4.90 Å². The van der Waals surface area contributed by atoms with Crippen LogP contribution in [0.5, 0.6) is 0 Å². The first-order valence-corrected chi connectivity index (χ1v) is 9.24. The molecule has 130 valence electrons. The first kappa shape index (κ1) is 16.1. The Balaban J connectivity index is 1.86. The van der Waals surface area contributed by atoms with Crippen molar-refractivity contribution >= 4 is 11.6 Å². The smallest absolute Gasteiger partial charge is 0.254 e. The van der Waals surface area contributed by atoms with E-state index in [1.54, 1.807) is 0 Å². The van der Waals surface area contributed by atoms with Crippen LogP contribution in [-0.4, -0.2) is 32.2 Å². The molecule has 1 fully saturated rings. The molecule has 3 aromatic rings. The molecule has 0 aliphatic carbocycles. The Bertz CT molecular complexity index is 898. The molecule has 1 saturated heterocycles. The van der Waals surface area contributed by atoms with Crippen LogP contribution in [0.1, 0.15) is 43.9 Å². The van der Waals surface area contributed by atoms with Gasteiger partial charge in [-0.15, -0.1) is 5.10 Å². The summed E-state index contributed by atoms with van der Waals surface area (Å²) in [6, 6.07) is 11.0. The van der Waals surface area contributed by atoms with Crippen molar-refractivity contribution in [1.29, 1.82) is 0 Å². The fourth-order valence-electron chi connectivity index (χ4n) is 3.84. The number of anilines is 1. The Labute approximate surface area is 148 Å². The Morgan fingerprint density at radius 3 is 2.76 bits per heavy atom. The van der Waals surface area contributed by atoms with Gasteiger partial charge in [0.15, 0.2) is 5.82 Å². The monoisotopic (exact) mass is 335 g/mol. The van der Waals surface area contributed by atoms with Crippen molar-refractivity contribution in [2.45, 2.75) is 52.5 Å². The predicted octanol–water partition coefficient (Wildman–Crippen LogP) is 4.18. The van der Waals surface area contributed by atoms with Crippen molar-refractivity contribution < 1.29 is 0 Å².